The van der Waals surface area contributed by atoms with E-state index in [4.69, 9.17) is 15.9 Å². The summed E-state index contributed by atoms with van der Waals surface area (Å²) >= 11 is 0. The minimum atomic E-state index is -1.05. The Morgan fingerprint density at radius 3 is 2.51 bits per heavy atom. The molecule has 1 aliphatic heterocycles. The molecule has 4 rings (SSSR count). The van der Waals surface area contributed by atoms with Crippen LogP contribution in [-0.2, 0) is 29.2 Å². The maximum Gasteiger partial charge on any atom is 0.270 e. The molecule has 1 unspecified atom stereocenters. The SMILES string of the molecule is CCNc1ccccc1CNc1cc(C(=N)N)ccc1CNC(=O)C(OCC)N1Cc2c(C)cccc2C1=O. The third-order valence-corrected chi connectivity index (χ3v) is 6.79. The van der Waals surface area contributed by atoms with Crippen molar-refractivity contribution >= 4 is 29.0 Å². The van der Waals surface area contributed by atoms with E-state index in [2.05, 4.69) is 16.0 Å². The smallest absolute Gasteiger partial charge is 0.270 e. The highest BCUT2D eigenvalue weighted by Crippen LogP contribution is 2.28. The van der Waals surface area contributed by atoms with Crippen LogP contribution in [0, 0.1) is 12.3 Å². The lowest BCUT2D eigenvalue weighted by molar-refractivity contribution is -0.143. The lowest BCUT2D eigenvalue weighted by atomic mass is 10.1. The van der Waals surface area contributed by atoms with Gasteiger partial charge in [-0.15, -0.1) is 0 Å². The molecule has 39 heavy (non-hydrogen) atoms. The molecule has 0 spiro atoms. The molecule has 0 fully saturated rings. The largest absolute Gasteiger partial charge is 0.385 e. The van der Waals surface area contributed by atoms with E-state index in [0.717, 1.165) is 40.2 Å². The Bertz CT molecular complexity index is 1370. The van der Waals surface area contributed by atoms with Gasteiger partial charge in [0.15, 0.2) is 0 Å². The van der Waals surface area contributed by atoms with Gasteiger partial charge in [-0.3, -0.25) is 15.0 Å². The van der Waals surface area contributed by atoms with Crippen LogP contribution >= 0.6 is 0 Å². The van der Waals surface area contributed by atoms with E-state index in [1.807, 2.05) is 62.4 Å². The molecule has 0 bridgehead atoms. The number of carbonyl (C=O) groups excluding carboxylic acids is 2. The molecular formula is C30H36N6O3. The Hall–Kier alpha value is -4.37. The maximum absolute atomic E-state index is 13.3. The standard InChI is InChI=1S/C30H36N6O3/c1-4-33-25-12-7-6-10-21(25)16-34-26-15-20(27(31)32)13-14-22(26)17-35-28(37)30(39-5-2)36-18-24-19(3)9-8-11-23(24)29(36)38/h6-15,30,33-34H,4-5,16-18H2,1-3H3,(H3,31,32)(H,35,37). The van der Waals surface area contributed by atoms with Gasteiger partial charge in [-0.1, -0.05) is 42.5 Å². The number of hydrogen-bond acceptors (Lipinski definition) is 6. The predicted molar refractivity (Wildman–Crippen MR) is 154 cm³/mol. The normalized spacial score (nSPS) is 13.1. The molecule has 6 N–H and O–H groups in total. The predicted octanol–water partition coefficient (Wildman–Crippen LogP) is 3.96. The summed E-state index contributed by atoms with van der Waals surface area (Å²) in [6, 6.07) is 19.0. The number of amidine groups is 1. The van der Waals surface area contributed by atoms with Crippen molar-refractivity contribution in [1.29, 1.82) is 5.41 Å². The molecular weight excluding hydrogens is 492 g/mol. The number of nitrogens with two attached hydrogens (primary N) is 1. The molecule has 204 valence electrons. The summed E-state index contributed by atoms with van der Waals surface area (Å²) in [6.45, 7) is 7.95. The first-order chi connectivity index (χ1) is 18.8. The van der Waals surface area contributed by atoms with Crippen molar-refractivity contribution < 1.29 is 14.3 Å². The first-order valence-electron chi connectivity index (χ1n) is 13.2. The second-order valence-corrected chi connectivity index (χ2v) is 9.39. The van der Waals surface area contributed by atoms with Crippen molar-refractivity contribution in [2.24, 2.45) is 5.73 Å². The van der Waals surface area contributed by atoms with Crippen LogP contribution in [0.5, 0.6) is 0 Å². The third-order valence-electron chi connectivity index (χ3n) is 6.79. The number of anilines is 2. The minimum Gasteiger partial charge on any atom is -0.385 e. The number of fused-ring (bicyclic) bond motifs is 1. The lowest BCUT2D eigenvalue weighted by Gasteiger charge is -2.26. The van der Waals surface area contributed by atoms with Gasteiger partial charge in [0.25, 0.3) is 11.8 Å². The quantitative estimate of drug-likeness (QED) is 0.179. The van der Waals surface area contributed by atoms with Gasteiger partial charge >= 0.3 is 0 Å². The van der Waals surface area contributed by atoms with E-state index in [1.165, 1.54) is 4.90 Å². The highest BCUT2D eigenvalue weighted by molar-refractivity contribution is 6.01. The Labute approximate surface area is 229 Å². The van der Waals surface area contributed by atoms with Crippen molar-refractivity contribution in [3.8, 4) is 0 Å². The van der Waals surface area contributed by atoms with Crippen LogP contribution in [0.25, 0.3) is 0 Å². The topological polar surface area (TPSA) is 133 Å². The van der Waals surface area contributed by atoms with Gasteiger partial charge in [0.1, 0.15) is 5.84 Å². The summed E-state index contributed by atoms with van der Waals surface area (Å²) in [7, 11) is 0. The Kier molecular flexibility index (Phi) is 8.83. The number of nitrogen functional groups attached to an aromatic ring is 1. The molecule has 0 saturated carbocycles. The average Bonchev–Trinajstić information content (AvgIpc) is 3.27. The Morgan fingerprint density at radius 2 is 1.79 bits per heavy atom. The first kappa shape index (κ1) is 27.7. The summed E-state index contributed by atoms with van der Waals surface area (Å²) < 4.78 is 5.77. The number of amides is 2. The molecule has 9 heteroatoms. The molecule has 0 radical (unpaired) electrons. The zero-order valence-electron chi connectivity index (χ0n) is 22.6. The summed E-state index contributed by atoms with van der Waals surface area (Å²) in [6.07, 6.45) is -1.05. The van der Waals surface area contributed by atoms with Crippen LogP contribution in [0.1, 0.15) is 52.0 Å². The number of nitrogens with zero attached hydrogens (tertiary/aromatic N) is 1. The number of nitrogens with one attached hydrogen (secondary N) is 4. The van der Waals surface area contributed by atoms with Crippen molar-refractivity contribution in [1.82, 2.24) is 10.2 Å². The number of hydrogen-bond donors (Lipinski definition) is 5. The van der Waals surface area contributed by atoms with Gasteiger partial charge in [0, 0.05) is 48.7 Å². The summed E-state index contributed by atoms with van der Waals surface area (Å²) in [4.78, 5) is 27.9. The Balaban J connectivity index is 1.51. The van der Waals surface area contributed by atoms with E-state index in [1.54, 1.807) is 19.1 Å². The van der Waals surface area contributed by atoms with Gasteiger partial charge in [-0.25, -0.2) is 0 Å². The van der Waals surface area contributed by atoms with Crippen molar-refractivity contribution in [3.05, 3.63) is 94.0 Å². The summed E-state index contributed by atoms with van der Waals surface area (Å²) in [5.74, 6) is -0.648. The van der Waals surface area contributed by atoms with Crippen LogP contribution in [-0.4, -0.2) is 41.9 Å². The fourth-order valence-electron chi connectivity index (χ4n) is 4.72. The van der Waals surface area contributed by atoms with Gasteiger partial charge in [-0.05, 0) is 61.2 Å². The van der Waals surface area contributed by atoms with Crippen LogP contribution in [0.15, 0.2) is 60.7 Å². The van der Waals surface area contributed by atoms with E-state index < -0.39 is 12.1 Å². The van der Waals surface area contributed by atoms with E-state index >= 15 is 0 Å². The lowest BCUT2D eigenvalue weighted by Crippen LogP contribution is -2.48. The van der Waals surface area contributed by atoms with Crippen molar-refractivity contribution in [2.45, 2.75) is 46.6 Å². The van der Waals surface area contributed by atoms with Gasteiger partial charge in [0.2, 0.25) is 6.23 Å². The molecule has 0 aromatic heterocycles. The second kappa shape index (κ2) is 12.4. The Morgan fingerprint density at radius 1 is 1.03 bits per heavy atom. The van der Waals surface area contributed by atoms with Crippen LogP contribution in [0.4, 0.5) is 11.4 Å². The zero-order valence-corrected chi connectivity index (χ0v) is 22.6. The maximum atomic E-state index is 13.3. The molecule has 1 aliphatic rings. The second-order valence-electron chi connectivity index (χ2n) is 9.39. The van der Waals surface area contributed by atoms with Crippen LogP contribution in [0.2, 0.25) is 0 Å². The first-order valence-corrected chi connectivity index (χ1v) is 13.2. The van der Waals surface area contributed by atoms with Gasteiger partial charge in [0.05, 0.1) is 6.54 Å². The number of ether oxygens (including phenoxy) is 1. The number of aryl methyl sites for hydroxylation is 1. The highest BCUT2D eigenvalue weighted by atomic mass is 16.5. The molecule has 0 aliphatic carbocycles. The van der Waals surface area contributed by atoms with Crippen molar-refractivity contribution in [2.75, 3.05) is 23.8 Å². The summed E-state index contributed by atoms with van der Waals surface area (Å²) in [5.41, 5.74) is 12.6. The van der Waals surface area contributed by atoms with Gasteiger partial charge < -0.3 is 31.3 Å². The molecule has 9 nitrogen and oxygen atoms in total. The number of para-hydroxylation sites is 1. The number of rotatable bonds is 12. The number of carbonyl (C=O) groups is 2. The fourth-order valence-corrected chi connectivity index (χ4v) is 4.72. The monoisotopic (exact) mass is 528 g/mol. The zero-order chi connectivity index (χ0) is 27.9. The molecule has 0 saturated heterocycles. The molecule has 2 amide bonds. The van der Waals surface area contributed by atoms with Crippen LogP contribution < -0.4 is 21.7 Å². The molecule has 3 aromatic carbocycles. The summed E-state index contributed by atoms with van der Waals surface area (Å²) in [5, 5.41) is 17.6. The highest BCUT2D eigenvalue weighted by Gasteiger charge is 2.37. The molecule has 1 atom stereocenters. The van der Waals surface area contributed by atoms with E-state index in [0.29, 0.717) is 24.2 Å². The minimum absolute atomic E-state index is 0.0412. The molecule has 1 heterocycles. The molecule has 3 aromatic rings. The fraction of sp³-hybridized carbons (Fsp3) is 0.300. The van der Waals surface area contributed by atoms with E-state index in [-0.39, 0.29) is 24.9 Å². The van der Waals surface area contributed by atoms with Crippen LogP contribution in [0.3, 0.4) is 0 Å². The number of benzene rings is 3. The average molecular weight is 529 g/mol. The third kappa shape index (κ3) is 6.21. The van der Waals surface area contributed by atoms with Gasteiger partial charge in [-0.2, -0.15) is 0 Å². The van der Waals surface area contributed by atoms with E-state index in [9.17, 15) is 9.59 Å². The van der Waals surface area contributed by atoms with Crippen molar-refractivity contribution in [3.63, 3.8) is 0 Å².